The summed E-state index contributed by atoms with van der Waals surface area (Å²) in [6.45, 7) is -2.84. The van der Waals surface area contributed by atoms with Crippen LogP contribution in [-0.4, -0.2) is 12.5 Å². The highest BCUT2D eigenvalue weighted by Crippen LogP contribution is 2.49. The predicted molar refractivity (Wildman–Crippen MR) is 61.8 cm³/mol. The number of fused-ring (bicyclic) bond motifs is 2. The third-order valence-electron chi connectivity index (χ3n) is 3.87. The van der Waals surface area contributed by atoms with E-state index >= 15 is 0 Å². The molecule has 1 spiro atoms. The molecule has 1 aromatic rings. The molecular weight excluding hydrogens is 240 g/mol. The minimum absolute atomic E-state index is 0.0100. The van der Waals surface area contributed by atoms with Crippen molar-refractivity contribution in [2.24, 2.45) is 0 Å². The predicted octanol–water partition coefficient (Wildman–Crippen LogP) is 3.05. The third-order valence-corrected chi connectivity index (χ3v) is 3.87. The molecule has 1 heterocycles. The molecule has 1 aromatic carbocycles. The van der Waals surface area contributed by atoms with Crippen molar-refractivity contribution in [3.05, 3.63) is 23.8 Å². The number of anilines is 1. The van der Waals surface area contributed by atoms with E-state index in [1.165, 1.54) is 6.07 Å². The molecule has 1 N–H and O–H groups in total. The first kappa shape index (κ1) is 11.4. The number of nitrogens with one attached hydrogen (secondary N) is 1. The third kappa shape index (κ3) is 1.57. The van der Waals surface area contributed by atoms with Gasteiger partial charge in [0, 0.05) is 5.69 Å². The molecule has 96 valence electrons. The lowest BCUT2D eigenvalue weighted by Crippen LogP contribution is -2.30. The average Bonchev–Trinajstić information content (AvgIpc) is 2.89. The minimum Gasteiger partial charge on any atom is -0.435 e. The summed E-state index contributed by atoms with van der Waals surface area (Å²) in [7, 11) is 0. The molecule has 1 aliphatic carbocycles. The molecule has 2 aliphatic rings. The molecule has 0 unspecified atom stereocenters. The number of hydrogen-bond acceptors (Lipinski definition) is 2. The van der Waals surface area contributed by atoms with Crippen molar-refractivity contribution >= 4 is 11.6 Å². The van der Waals surface area contributed by atoms with Gasteiger partial charge in [0.05, 0.1) is 5.41 Å². The molecule has 0 atom stereocenters. The van der Waals surface area contributed by atoms with Gasteiger partial charge in [-0.15, -0.1) is 0 Å². The zero-order chi connectivity index (χ0) is 12.8. The molecule has 5 heteroatoms. The van der Waals surface area contributed by atoms with E-state index in [0.717, 1.165) is 36.9 Å². The Morgan fingerprint density at radius 3 is 2.67 bits per heavy atom. The fourth-order valence-corrected chi connectivity index (χ4v) is 3.04. The van der Waals surface area contributed by atoms with Crippen LogP contribution in [-0.2, 0) is 10.2 Å². The fourth-order valence-electron chi connectivity index (χ4n) is 3.04. The van der Waals surface area contributed by atoms with Gasteiger partial charge in [-0.3, -0.25) is 4.79 Å². The summed E-state index contributed by atoms with van der Waals surface area (Å²) in [5.41, 5.74) is 1.02. The number of carbonyl (C=O) groups is 1. The van der Waals surface area contributed by atoms with Crippen LogP contribution in [0.3, 0.4) is 0 Å². The van der Waals surface area contributed by atoms with E-state index in [0.29, 0.717) is 0 Å². The van der Waals surface area contributed by atoms with Gasteiger partial charge >= 0.3 is 6.61 Å². The summed E-state index contributed by atoms with van der Waals surface area (Å²) in [4.78, 5) is 12.1. The van der Waals surface area contributed by atoms with Crippen molar-refractivity contribution in [1.82, 2.24) is 0 Å². The van der Waals surface area contributed by atoms with E-state index in [1.807, 2.05) is 0 Å². The Kier molecular flexibility index (Phi) is 2.50. The number of ether oxygens (including phenoxy) is 1. The summed E-state index contributed by atoms with van der Waals surface area (Å²) >= 11 is 0. The number of carbonyl (C=O) groups excluding carboxylic acids is 1. The van der Waals surface area contributed by atoms with Crippen molar-refractivity contribution in [2.45, 2.75) is 37.7 Å². The Bertz CT molecular complexity index is 496. The molecule has 1 aliphatic heterocycles. The van der Waals surface area contributed by atoms with Crippen molar-refractivity contribution in [2.75, 3.05) is 5.32 Å². The molecule has 0 bridgehead atoms. The first-order valence-electron chi connectivity index (χ1n) is 6.03. The monoisotopic (exact) mass is 253 g/mol. The minimum atomic E-state index is -2.84. The van der Waals surface area contributed by atoms with Gasteiger partial charge < -0.3 is 10.1 Å². The van der Waals surface area contributed by atoms with Crippen LogP contribution >= 0.6 is 0 Å². The highest BCUT2D eigenvalue weighted by molar-refractivity contribution is 6.06. The summed E-state index contributed by atoms with van der Waals surface area (Å²) in [5, 5.41) is 2.83. The maximum absolute atomic E-state index is 12.2. The SMILES string of the molecule is O=C1Nc2ccc(OC(F)F)cc2C12CCCC2. The normalized spacial score (nSPS) is 20.3. The van der Waals surface area contributed by atoms with Gasteiger partial charge in [-0.2, -0.15) is 8.78 Å². The number of halogens is 2. The largest absolute Gasteiger partial charge is 0.435 e. The molecule has 0 aromatic heterocycles. The highest BCUT2D eigenvalue weighted by atomic mass is 19.3. The van der Waals surface area contributed by atoms with Crippen LogP contribution in [0.15, 0.2) is 18.2 Å². The number of benzene rings is 1. The Morgan fingerprint density at radius 2 is 2.00 bits per heavy atom. The first-order chi connectivity index (χ1) is 8.62. The zero-order valence-corrected chi connectivity index (χ0v) is 9.71. The van der Waals surface area contributed by atoms with E-state index in [1.54, 1.807) is 12.1 Å². The van der Waals surface area contributed by atoms with Crippen LogP contribution in [0.25, 0.3) is 0 Å². The molecular formula is C13H13F2NO2. The zero-order valence-electron chi connectivity index (χ0n) is 9.71. The lowest BCUT2D eigenvalue weighted by Gasteiger charge is -2.20. The fraction of sp³-hybridized carbons (Fsp3) is 0.462. The van der Waals surface area contributed by atoms with Crippen LogP contribution in [0, 0.1) is 0 Å². The lowest BCUT2D eigenvalue weighted by atomic mass is 9.80. The van der Waals surface area contributed by atoms with Gasteiger partial charge in [-0.05, 0) is 36.6 Å². The van der Waals surface area contributed by atoms with E-state index in [9.17, 15) is 13.6 Å². The number of alkyl halides is 2. The maximum Gasteiger partial charge on any atom is 0.387 e. The van der Waals surface area contributed by atoms with Gasteiger partial charge in [0.15, 0.2) is 0 Å². The standard InChI is InChI=1S/C13H13F2NO2/c14-12(15)18-8-3-4-10-9(7-8)13(11(17)16-10)5-1-2-6-13/h3-4,7,12H,1-2,5-6H2,(H,16,17). The van der Waals surface area contributed by atoms with Gasteiger partial charge in [0.25, 0.3) is 0 Å². The Hall–Kier alpha value is -1.65. The van der Waals surface area contributed by atoms with Crippen molar-refractivity contribution < 1.29 is 18.3 Å². The van der Waals surface area contributed by atoms with Crippen LogP contribution in [0.4, 0.5) is 14.5 Å². The van der Waals surface area contributed by atoms with E-state index < -0.39 is 12.0 Å². The number of hydrogen-bond donors (Lipinski definition) is 1. The smallest absolute Gasteiger partial charge is 0.387 e. The molecule has 1 amide bonds. The second kappa shape index (κ2) is 3.93. The van der Waals surface area contributed by atoms with Crippen molar-refractivity contribution in [1.29, 1.82) is 0 Å². The van der Waals surface area contributed by atoms with Crippen LogP contribution in [0.5, 0.6) is 5.75 Å². The maximum atomic E-state index is 12.2. The van der Waals surface area contributed by atoms with E-state index in [2.05, 4.69) is 10.1 Å². The molecule has 3 rings (SSSR count). The van der Waals surface area contributed by atoms with E-state index in [4.69, 9.17) is 0 Å². The summed E-state index contributed by atoms with van der Waals surface area (Å²) in [5.74, 6) is 0.107. The van der Waals surface area contributed by atoms with Crippen LogP contribution in [0.1, 0.15) is 31.2 Å². The summed E-state index contributed by atoms with van der Waals surface area (Å²) < 4.78 is 28.8. The summed E-state index contributed by atoms with van der Waals surface area (Å²) in [6, 6.07) is 4.67. The Morgan fingerprint density at radius 1 is 1.28 bits per heavy atom. The molecule has 0 radical (unpaired) electrons. The molecule has 0 saturated heterocycles. The van der Waals surface area contributed by atoms with Gasteiger partial charge in [0.2, 0.25) is 5.91 Å². The number of rotatable bonds is 2. The highest BCUT2D eigenvalue weighted by Gasteiger charge is 2.48. The first-order valence-corrected chi connectivity index (χ1v) is 6.03. The summed E-state index contributed by atoms with van der Waals surface area (Å²) in [6.07, 6.45) is 3.55. The topological polar surface area (TPSA) is 38.3 Å². The molecule has 18 heavy (non-hydrogen) atoms. The second-order valence-corrected chi connectivity index (χ2v) is 4.83. The van der Waals surface area contributed by atoms with Crippen molar-refractivity contribution in [3.63, 3.8) is 0 Å². The van der Waals surface area contributed by atoms with Crippen LogP contribution in [0.2, 0.25) is 0 Å². The lowest BCUT2D eigenvalue weighted by molar-refractivity contribution is -0.120. The molecule has 3 nitrogen and oxygen atoms in total. The quantitative estimate of drug-likeness (QED) is 0.879. The van der Waals surface area contributed by atoms with Crippen LogP contribution < -0.4 is 10.1 Å². The average molecular weight is 253 g/mol. The Labute approximate surface area is 103 Å². The Balaban J connectivity index is 2.02. The molecule has 1 saturated carbocycles. The van der Waals surface area contributed by atoms with Gasteiger partial charge in [0.1, 0.15) is 5.75 Å². The van der Waals surface area contributed by atoms with E-state index in [-0.39, 0.29) is 11.7 Å². The van der Waals surface area contributed by atoms with Gasteiger partial charge in [-0.25, -0.2) is 0 Å². The number of amides is 1. The second-order valence-electron chi connectivity index (χ2n) is 4.83. The molecule has 1 fully saturated rings. The van der Waals surface area contributed by atoms with Gasteiger partial charge in [-0.1, -0.05) is 12.8 Å². The van der Waals surface area contributed by atoms with Crippen molar-refractivity contribution in [3.8, 4) is 5.75 Å².